The van der Waals surface area contributed by atoms with E-state index < -0.39 is 0 Å². The Labute approximate surface area is 122 Å². The summed E-state index contributed by atoms with van der Waals surface area (Å²) >= 11 is 6.01. The first-order valence-corrected chi connectivity index (χ1v) is 7.09. The molecule has 1 aliphatic rings. The Bertz CT molecular complexity index is 605. The summed E-state index contributed by atoms with van der Waals surface area (Å²) in [6.07, 6.45) is 7.15. The molecule has 0 spiro atoms. The second kappa shape index (κ2) is 5.29. The number of aromatic nitrogens is 2. The summed E-state index contributed by atoms with van der Waals surface area (Å²) in [7, 11) is 0. The average molecular weight is 290 g/mol. The molecule has 0 saturated heterocycles. The smallest absolute Gasteiger partial charge is 0.230 e. The van der Waals surface area contributed by atoms with Crippen molar-refractivity contribution in [1.29, 1.82) is 0 Å². The molecule has 1 aromatic heterocycles. The third-order valence-corrected chi connectivity index (χ3v) is 4.01. The van der Waals surface area contributed by atoms with Gasteiger partial charge >= 0.3 is 0 Å². The molecule has 20 heavy (non-hydrogen) atoms. The van der Waals surface area contributed by atoms with E-state index in [-0.39, 0.29) is 11.3 Å². The fourth-order valence-corrected chi connectivity index (χ4v) is 2.63. The Morgan fingerprint density at radius 3 is 2.95 bits per heavy atom. The molecule has 1 fully saturated rings. The molecule has 1 aromatic carbocycles. The van der Waals surface area contributed by atoms with E-state index in [0.717, 1.165) is 24.9 Å². The van der Waals surface area contributed by atoms with Crippen molar-refractivity contribution in [3.63, 3.8) is 0 Å². The molecule has 0 radical (unpaired) electrons. The summed E-state index contributed by atoms with van der Waals surface area (Å²) < 4.78 is 1.94. The lowest BCUT2D eigenvalue weighted by Crippen LogP contribution is -2.36. The highest BCUT2D eigenvalue weighted by molar-refractivity contribution is 6.30. The maximum Gasteiger partial charge on any atom is 0.230 e. The number of halogens is 1. The Kier molecular flexibility index (Phi) is 3.49. The zero-order valence-electron chi connectivity index (χ0n) is 11.1. The van der Waals surface area contributed by atoms with Gasteiger partial charge in [0.25, 0.3) is 0 Å². The van der Waals surface area contributed by atoms with Crippen LogP contribution in [0.25, 0.3) is 0 Å². The van der Waals surface area contributed by atoms with Gasteiger partial charge in [0, 0.05) is 30.5 Å². The van der Waals surface area contributed by atoms with Crippen LogP contribution in [0, 0.1) is 0 Å². The van der Waals surface area contributed by atoms with Crippen molar-refractivity contribution >= 4 is 17.5 Å². The van der Waals surface area contributed by atoms with Crippen LogP contribution in [0.1, 0.15) is 18.4 Å². The first-order chi connectivity index (χ1) is 9.71. The lowest BCUT2D eigenvalue weighted by atomic mass is 9.95. The van der Waals surface area contributed by atoms with Crippen molar-refractivity contribution in [2.45, 2.75) is 24.8 Å². The SMILES string of the molecule is O=C(NCCn1ccnc1)C1(c2cccc(Cl)c2)CC1. The van der Waals surface area contributed by atoms with Gasteiger partial charge in [-0.1, -0.05) is 23.7 Å². The predicted octanol–water partition coefficient (Wildman–Crippen LogP) is 2.38. The number of nitrogens with one attached hydrogen (secondary N) is 1. The average Bonchev–Trinajstić information content (AvgIpc) is 3.10. The maximum absolute atomic E-state index is 12.4. The number of carbonyl (C=O) groups is 1. The van der Waals surface area contributed by atoms with Crippen LogP contribution in [-0.2, 0) is 16.8 Å². The van der Waals surface area contributed by atoms with E-state index in [2.05, 4.69) is 10.3 Å². The minimum Gasteiger partial charge on any atom is -0.354 e. The number of amides is 1. The molecule has 3 rings (SSSR count). The molecule has 1 aliphatic carbocycles. The van der Waals surface area contributed by atoms with E-state index in [1.165, 1.54) is 0 Å². The molecule has 1 amide bonds. The van der Waals surface area contributed by atoms with Crippen LogP contribution >= 0.6 is 11.6 Å². The van der Waals surface area contributed by atoms with Gasteiger partial charge in [-0.2, -0.15) is 0 Å². The van der Waals surface area contributed by atoms with Gasteiger partial charge in [0.1, 0.15) is 0 Å². The number of nitrogens with zero attached hydrogens (tertiary/aromatic N) is 2. The van der Waals surface area contributed by atoms with E-state index >= 15 is 0 Å². The molecular formula is C15H16ClN3O. The van der Waals surface area contributed by atoms with Crippen molar-refractivity contribution < 1.29 is 4.79 Å². The number of imidazole rings is 1. The first kappa shape index (κ1) is 13.2. The number of carbonyl (C=O) groups excluding carboxylic acids is 1. The molecule has 0 aliphatic heterocycles. The van der Waals surface area contributed by atoms with Crippen molar-refractivity contribution in [3.05, 3.63) is 53.6 Å². The number of hydrogen-bond donors (Lipinski definition) is 1. The molecule has 1 heterocycles. The summed E-state index contributed by atoms with van der Waals surface area (Å²) in [5, 5.41) is 3.69. The zero-order chi connectivity index (χ0) is 14.0. The Morgan fingerprint density at radius 1 is 1.45 bits per heavy atom. The molecule has 1 saturated carbocycles. The van der Waals surface area contributed by atoms with Gasteiger partial charge in [-0.05, 0) is 30.5 Å². The number of hydrogen-bond acceptors (Lipinski definition) is 2. The second-order valence-corrected chi connectivity index (χ2v) is 5.59. The van der Waals surface area contributed by atoms with Gasteiger partial charge in [0.2, 0.25) is 5.91 Å². The highest BCUT2D eigenvalue weighted by Gasteiger charge is 2.51. The Balaban J connectivity index is 1.62. The summed E-state index contributed by atoms with van der Waals surface area (Å²) in [6.45, 7) is 1.34. The minimum atomic E-state index is -0.361. The van der Waals surface area contributed by atoms with Crippen LogP contribution in [0.3, 0.4) is 0 Å². The highest BCUT2D eigenvalue weighted by atomic mass is 35.5. The monoisotopic (exact) mass is 289 g/mol. The molecule has 4 nitrogen and oxygen atoms in total. The molecule has 1 N–H and O–H groups in total. The van der Waals surface area contributed by atoms with E-state index in [9.17, 15) is 4.79 Å². The third-order valence-electron chi connectivity index (χ3n) is 3.78. The molecule has 0 atom stereocenters. The van der Waals surface area contributed by atoms with Gasteiger partial charge in [-0.15, -0.1) is 0 Å². The first-order valence-electron chi connectivity index (χ1n) is 6.71. The van der Waals surface area contributed by atoms with Crippen molar-refractivity contribution in [1.82, 2.24) is 14.9 Å². The molecule has 2 aromatic rings. The van der Waals surface area contributed by atoms with E-state index in [4.69, 9.17) is 11.6 Å². The van der Waals surface area contributed by atoms with Gasteiger partial charge in [0.05, 0.1) is 11.7 Å². The third kappa shape index (κ3) is 2.56. The van der Waals surface area contributed by atoms with Crippen LogP contribution in [0.2, 0.25) is 5.02 Å². The highest BCUT2D eigenvalue weighted by Crippen LogP contribution is 2.48. The fraction of sp³-hybridized carbons (Fsp3) is 0.333. The van der Waals surface area contributed by atoms with Gasteiger partial charge < -0.3 is 9.88 Å². The summed E-state index contributed by atoms with van der Waals surface area (Å²) in [6, 6.07) is 7.60. The zero-order valence-corrected chi connectivity index (χ0v) is 11.8. The molecule has 0 bridgehead atoms. The standard InChI is InChI=1S/C15H16ClN3O/c16-13-3-1-2-12(10-13)15(4-5-15)14(20)18-7-9-19-8-6-17-11-19/h1-3,6,8,10-11H,4-5,7,9H2,(H,18,20). The van der Waals surface area contributed by atoms with Gasteiger partial charge in [-0.25, -0.2) is 4.98 Å². The largest absolute Gasteiger partial charge is 0.354 e. The quantitative estimate of drug-likeness (QED) is 0.919. The Morgan fingerprint density at radius 2 is 2.30 bits per heavy atom. The van der Waals surface area contributed by atoms with Crippen LogP contribution in [0.5, 0.6) is 0 Å². The van der Waals surface area contributed by atoms with Crippen LogP contribution < -0.4 is 5.32 Å². The van der Waals surface area contributed by atoms with Gasteiger partial charge in [-0.3, -0.25) is 4.79 Å². The second-order valence-electron chi connectivity index (χ2n) is 5.15. The van der Waals surface area contributed by atoms with Crippen LogP contribution in [0.15, 0.2) is 43.0 Å². The fourth-order valence-electron chi connectivity index (χ4n) is 2.44. The summed E-state index contributed by atoms with van der Waals surface area (Å²) in [5.41, 5.74) is 0.657. The predicted molar refractivity (Wildman–Crippen MR) is 77.6 cm³/mol. The van der Waals surface area contributed by atoms with E-state index in [1.807, 2.05) is 35.0 Å². The number of rotatable bonds is 5. The van der Waals surface area contributed by atoms with Gasteiger partial charge in [0.15, 0.2) is 0 Å². The van der Waals surface area contributed by atoms with Crippen molar-refractivity contribution in [2.24, 2.45) is 0 Å². The molecule has 5 heteroatoms. The maximum atomic E-state index is 12.4. The topological polar surface area (TPSA) is 46.9 Å². The number of benzene rings is 1. The molecule has 0 unspecified atom stereocenters. The summed E-state index contributed by atoms with van der Waals surface area (Å²) in [4.78, 5) is 16.4. The normalized spacial score (nSPS) is 15.8. The lowest BCUT2D eigenvalue weighted by molar-refractivity contribution is -0.123. The van der Waals surface area contributed by atoms with E-state index in [1.54, 1.807) is 12.5 Å². The van der Waals surface area contributed by atoms with Crippen molar-refractivity contribution in [3.8, 4) is 0 Å². The van der Waals surface area contributed by atoms with Crippen molar-refractivity contribution in [2.75, 3.05) is 6.54 Å². The molecular weight excluding hydrogens is 274 g/mol. The Hall–Kier alpha value is -1.81. The minimum absolute atomic E-state index is 0.0971. The summed E-state index contributed by atoms with van der Waals surface area (Å²) in [5.74, 6) is 0.0971. The van der Waals surface area contributed by atoms with E-state index in [0.29, 0.717) is 11.6 Å². The molecule has 104 valence electrons. The van der Waals surface area contributed by atoms with Crippen LogP contribution in [-0.4, -0.2) is 22.0 Å². The van der Waals surface area contributed by atoms with Crippen LogP contribution in [0.4, 0.5) is 0 Å². The lowest BCUT2D eigenvalue weighted by Gasteiger charge is -2.16.